The number of hydrogen-bond donors (Lipinski definition) is 2. The van der Waals surface area contributed by atoms with Gasteiger partial charge in [0.05, 0.1) is 31.3 Å². The fourth-order valence-electron chi connectivity index (χ4n) is 5.01. The molecule has 1 amide bonds. The second-order valence-corrected chi connectivity index (χ2v) is 11.6. The van der Waals surface area contributed by atoms with Gasteiger partial charge < -0.3 is 34.6 Å². The number of nitrogens with zero attached hydrogens (tertiary/aromatic N) is 6. The van der Waals surface area contributed by atoms with Crippen LogP contribution in [-0.2, 0) is 41.8 Å². The molecule has 1 fully saturated rings. The van der Waals surface area contributed by atoms with Crippen molar-refractivity contribution < 1.29 is 43.3 Å². The molecule has 1 saturated heterocycles. The molecule has 18 nitrogen and oxygen atoms in total. The zero-order valence-corrected chi connectivity index (χ0v) is 29.0. The van der Waals surface area contributed by atoms with E-state index in [-0.39, 0.29) is 50.1 Å². The van der Waals surface area contributed by atoms with Crippen LogP contribution in [-0.4, -0.2) is 81.7 Å². The zero-order chi connectivity index (χ0) is 37.3. The Hall–Kier alpha value is -5.91. The molecule has 3 aromatic rings. The van der Waals surface area contributed by atoms with Crippen molar-refractivity contribution in [2.45, 2.75) is 57.7 Å². The molecule has 19 heteroatoms. The number of rotatable bonds is 19. The summed E-state index contributed by atoms with van der Waals surface area (Å²) in [6, 6.07) is 6.67. The van der Waals surface area contributed by atoms with Crippen molar-refractivity contribution >= 4 is 47.2 Å². The molecule has 52 heavy (non-hydrogen) atoms. The van der Waals surface area contributed by atoms with Gasteiger partial charge in [0.25, 0.3) is 11.0 Å². The van der Waals surface area contributed by atoms with E-state index in [9.17, 15) is 29.3 Å². The van der Waals surface area contributed by atoms with E-state index in [1.54, 1.807) is 30.6 Å². The standard InChI is InChI=1S/C33H37ClN8O10/c1-49-26-10-9-22(17-25(26)34)18-37-31-24(32(46)38-20-27-35-13-6-14-36-27)19-39-33(40-31)41-15-5-7-23(41)21-50-28(43)11-12-30(45)52-29(44)8-3-2-4-16-51-42(47)48/h6,9-14,17,19,23H,2-5,7-8,15-16,18,20-21H2,1H3,(H,38,46)(H,37,39,40)/b12-11+/t23-/m0/s1. The van der Waals surface area contributed by atoms with Crippen LogP contribution in [0.15, 0.2) is 55.0 Å². The van der Waals surface area contributed by atoms with Gasteiger partial charge in [0, 0.05) is 50.3 Å². The van der Waals surface area contributed by atoms with Gasteiger partial charge in [-0.15, -0.1) is 10.1 Å². The van der Waals surface area contributed by atoms with Crippen molar-refractivity contribution in [1.82, 2.24) is 25.3 Å². The van der Waals surface area contributed by atoms with Crippen molar-refractivity contribution in [2.24, 2.45) is 0 Å². The maximum Gasteiger partial charge on any atom is 0.338 e. The molecule has 1 atom stereocenters. The van der Waals surface area contributed by atoms with Crippen LogP contribution in [0.2, 0.25) is 5.02 Å². The van der Waals surface area contributed by atoms with E-state index in [1.165, 1.54) is 13.3 Å². The van der Waals surface area contributed by atoms with Crippen LogP contribution < -0.4 is 20.3 Å². The lowest BCUT2D eigenvalue weighted by molar-refractivity contribution is -0.757. The lowest BCUT2D eigenvalue weighted by Crippen LogP contribution is -2.35. The summed E-state index contributed by atoms with van der Waals surface area (Å²) in [6.07, 6.45) is 8.72. The minimum atomic E-state index is -1.04. The third kappa shape index (κ3) is 12.4. The molecule has 276 valence electrons. The number of hydrogen-bond acceptors (Lipinski definition) is 16. The largest absolute Gasteiger partial charge is 0.495 e. The lowest BCUT2D eigenvalue weighted by atomic mass is 10.2. The molecule has 1 aliphatic heterocycles. The van der Waals surface area contributed by atoms with E-state index in [2.05, 4.69) is 40.1 Å². The third-order valence-corrected chi connectivity index (χ3v) is 7.86. The van der Waals surface area contributed by atoms with Crippen molar-refractivity contribution in [2.75, 3.05) is 37.1 Å². The molecular formula is C33H37ClN8O10. The predicted octanol–water partition coefficient (Wildman–Crippen LogP) is 3.38. The summed E-state index contributed by atoms with van der Waals surface area (Å²) >= 11 is 6.31. The van der Waals surface area contributed by atoms with Gasteiger partial charge in [0.2, 0.25) is 5.95 Å². The Bertz CT molecular complexity index is 1750. The van der Waals surface area contributed by atoms with Crippen molar-refractivity contribution in [3.63, 3.8) is 0 Å². The first-order chi connectivity index (χ1) is 25.1. The van der Waals surface area contributed by atoms with E-state index >= 15 is 0 Å². The lowest BCUT2D eigenvalue weighted by Gasteiger charge is -2.25. The minimum Gasteiger partial charge on any atom is -0.495 e. The smallest absolute Gasteiger partial charge is 0.338 e. The Balaban J connectivity index is 1.34. The number of methoxy groups -OCH3 is 1. The van der Waals surface area contributed by atoms with E-state index in [4.69, 9.17) is 21.1 Å². The van der Waals surface area contributed by atoms with Crippen LogP contribution in [0, 0.1) is 10.1 Å². The third-order valence-electron chi connectivity index (χ3n) is 7.57. The van der Waals surface area contributed by atoms with Crippen molar-refractivity contribution in [1.29, 1.82) is 0 Å². The maximum absolute atomic E-state index is 13.3. The van der Waals surface area contributed by atoms with Crippen LogP contribution >= 0.6 is 11.6 Å². The zero-order valence-electron chi connectivity index (χ0n) is 28.2. The Labute approximate surface area is 303 Å². The number of benzene rings is 1. The molecule has 0 unspecified atom stereocenters. The molecule has 1 aromatic carbocycles. The summed E-state index contributed by atoms with van der Waals surface area (Å²) in [5.41, 5.74) is 0.986. The number of nitrogens with one attached hydrogen (secondary N) is 2. The van der Waals surface area contributed by atoms with Crippen molar-refractivity contribution in [3.8, 4) is 5.75 Å². The molecule has 4 rings (SSSR count). The molecule has 0 aliphatic carbocycles. The minimum absolute atomic E-state index is 0.0485. The normalized spacial score (nSPS) is 13.7. The highest BCUT2D eigenvalue weighted by Crippen LogP contribution is 2.27. The Morgan fingerprint density at radius 1 is 1.08 bits per heavy atom. The van der Waals surface area contributed by atoms with Gasteiger partial charge >= 0.3 is 17.9 Å². The van der Waals surface area contributed by atoms with Gasteiger partial charge in [0.15, 0.2) is 0 Å². The van der Waals surface area contributed by atoms with E-state index in [0.29, 0.717) is 54.8 Å². The van der Waals surface area contributed by atoms with Gasteiger partial charge in [-0.25, -0.2) is 24.5 Å². The number of halogens is 1. The van der Waals surface area contributed by atoms with E-state index in [1.807, 2.05) is 11.0 Å². The average molecular weight is 741 g/mol. The molecule has 2 aromatic heterocycles. The van der Waals surface area contributed by atoms with E-state index in [0.717, 1.165) is 24.1 Å². The molecule has 3 heterocycles. The predicted molar refractivity (Wildman–Crippen MR) is 184 cm³/mol. The number of ether oxygens (including phenoxy) is 3. The number of esters is 3. The summed E-state index contributed by atoms with van der Waals surface area (Å²) in [5.74, 6) is -1.59. The number of amides is 1. The van der Waals surface area contributed by atoms with Crippen LogP contribution in [0.3, 0.4) is 0 Å². The van der Waals surface area contributed by atoms with Gasteiger partial charge in [-0.05, 0) is 49.4 Å². The molecule has 2 N–H and O–H groups in total. The first-order valence-corrected chi connectivity index (χ1v) is 16.6. The highest BCUT2D eigenvalue weighted by atomic mass is 35.5. The summed E-state index contributed by atoms with van der Waals surface area (Å²) in [5, 5.41) is 15.6. The number of aromatic nitrogens is 4. The quantitative estimate of drug-likeness (QED) is 0.0448. The molecule has 0 saturated carbocycles. The van der Waals surface area contributed by atoms with Gasteiger partial charge in [-0.2, -0.15) is 4.98 Å². The summed E-state index contributed by atoms with van der Waals surface area (Å²) in [7, 11) is 1.52. The first-order valence-electron chi connectivity index (χ1n) is 16.2. The highest BCUT2D eigenvalue weighted by Gasteiger charge is 2.29. The summed E-state index contributed by atoms with van der Waals surface area (Å²) in [4.78, 5) is 83.0. The average Bonchev–Trinajstić information content (AvgIpc) is 3.61. The second-order valence-electron chi connectivity index (χ2n) is 11.2. The summed E-state index contributed by atoms with van der Waals surface area (Å²) < 4.78 is 15.2. The van der Waals surface area contributed by atoms with Crippen LogP contribution in [0.1, 0.15) is 60.3 Å². The Morgan fingerprint density at radius 2 is 1.87 bits per heavy atom. The van der Waals surface area contributed by atoms with Crippen molar-refractivity contribution in [3.05, 3.63) is 87.1 Å². The molecule has 0 spiro atoms. The fraction of sp³-hybridized carbons (Fsp3) is 0.394. The fourth-order valence-corrected chi connectivity index (χ4v) is 5.29. The molecule has 1 aliphatic rings. The van der Waals surface area contributed by atoms with Gasteiger partial charge in [-0.3, -0.25) is 9.59 Å². The monoisotopic (exact) mass is 740 g/mol. The van der Waals surface area contributed by atoms with Crippen LogP contribution in [0.5, 0.6) is 5.75 Å². The topological polar surface area (TPSA) is 227 Å². The highest BCUT2D eigenvalue weighted by molar-refractivity contribution is 6.32. The maximum atomic E-state index is 13.3. The Morgan fingerprint density at radius 3 is 2.62 bits per heavy atom. The number of carbonyl (C=O) groups excluding carboxylic acids is 4. The van der Waals surface area contributed by atoms with Crippen LogP contribution in [0.4, 0.5) is 11.8 Å². The first kappa shape index (κ1) is 38.9. The molecule has 0 radical (unpaired) electrons. The van der Waals surface area contributed by atoms with Gasteiger partial charge in [0.1, 0.15) is 29.6 Å². The number of carbonyl (C=O) groups is 4. The molecule has 0 bridgehead atoms. The number of anilines is 2. The summed E-state index contributed by atoms with van der Waals surface area (Å²) in [6.45, 7) is 0.772. The molecular weight excluding hydrogens is 704 g/mol. The number of unbranched alkanes of at least 4 members (excludes halogenated alkanes) is 2. The van der Waals surface area contributed by atoms with E-state index < -0.39 is 28.9 Å². The Kier molecular flexibility index (Phi) is 15.0. The van der Waals surface area contributed by atoms with Crippen LogP contribution in [0.25, 0.3) is 0 Å². The second kappa shape index (κ2) is 20.1. The SMILES string of the molecule is COc1ccc(CNc2nc(N3CCC[C@H]3COC(=O)/C=C/C(=O)OC(=O)CCCCCO[N+](=O)[O-])ncc2C(=O)NCc2ncccn2)cc1Cl. The van der Waals surface area contributed by atoms with Gasteiger partial charge in [-0.1, -0.05) is 24.1 Å².